The maximum atomic E-state index is 12.5. The monoisotopic (exact) mass is 510 g/mol. The van der Waals surface area contributed by atoms with Crippen LogP contribution in [-0.4, -0.2) is 40.9 Å². The number of halogens is 2. The van der Waals surface area contributed by atoms with Crippen LogP contribution in [0.4, 0.5) is 10.5 Å². The van der Waals surface area contributed by atoms with E-state index < -0.39 is 5.69 Å². The number of benzene rings is 1. The summed E-state index contributed by atoms with van der Waals surface area (Å²) >= 11 is 12.5. The molecule has 13 heteroatoms. The molecule has 1 aromatic carbocycles. The molecule has 1 aromatic heterocycles. The molecular formula is C21H24Cl2N6O5. The summed E-state index contributed by atoms with van der Waals surface area (Å²) in [4.78, 5) is 45.0. The van der Waals surface area contributed by atoms with Gasteiger partial charge in [0.25, 0.3) is 5.56 Å². The second-order valence-corrected chi connectivity index (χ2v) is 7.57. The maximum Gasteiger partial charge on any atom is 0.406 e. The fourth-order valence-electron chi connectivity index (χ4n) is 2.52. The van der Waals surface area contributed by atoms with E-state index in [4.69, 9.17) is 28.5 Å². The number of alkyl carbamates (subject to hydrolysis) is 1. The summed E-state index contributed by atoms with van der Waals surface area (Å²) in [6.45, 7) is 5.73. The number of aromatic nitrogens is 2. The summed E-state index contributed by atoms with van der Waals surface area (Å²) in [6.07, 6.45) is 1.32. The van der Waals surface area contributed by atoms with Crippen LogP contribution < -0.4 is 22.0 Å². The number of amides is 1. The van der Waals surface area contributed by atoms with Crippen LogP contribution in [0.15, 0.2) is 39.1 Å². The van der Waals surface area contributed by atoms with Crippen molar-refractivity contribution in [2.45, 2.75) is 33.4 Å². The molecule has 11 nitrogen and oxygen atoms in total. The smallest absolute Gasteiger partial charge is 0.406 e. The van der Waals surface area contributed by atoms with Crippen LogP contribution in [0.5, 0.6) is 0 Å². The molecule has 0 atom stereocenters. The van der Waals surface area contributed by atoms with Crippen molar-refractivity contribution in [2.75, 3.05) is 19.1 Å². The number of hydrogen-bond acceptors (Lipinski definition) is 8. The number of nitrogens with zero attached hydrogens (tertiary/aromatic N) is 4. The van der Waals surface area contributed by atoms with E-state index in [2.05, 4.69) is 20.6 Å². The topological polar surface area (TPSA) is 148 Å². The van der Waals surface area contributed by atoms with Crippen molar-refractivity contribution in [3.8, 4) is 6.07 Å². The summed E-state index contributed by atoms with van der Waals surface area (Å²) in [5.41, 5.74) is 2.15. The van der Waals surface area contributed by atoms with Crippen molar-refractivity contribution in [3.05, 3.63) is 60.8 Å². The Hall–Kier alpha value is -3.62. The van der Waals surface area contributed by atoms with Gasteiger partial charge < -0.3 is 10.1 Å². The van der Waals surface area contributed by atoms with Gasteiger partial charge in [-0.05, 0) is 32.9 Å². The first kappa shape index (κ1) is 28.4. The summed E-state index contributed by atoms with van der Waals surface area (Å²) in [5.74, 6) is 0. The molecule has 0 saturated carbocycles. The van der Waals surface area contributed by atoms with Gasteiger partial charge in [0.15, 0.2) is 12.0 Å². The first-order chi connectivity index (χ1) is 16.1. The van der Waals surface area contributed by atoms with E-state index in [1.165, 1.54) is 36.0 Å². The van der Waals surface area contributed by atoms with Crippen molar-refractivity contribution in [2.24, 2.45) is 5.10 Å². The van der Waals surface area contributed by atoms with Crippen LogP contribution in [-0.2, 0) is 16.1 Å². The fourth-order valence-corrected chi connectivity index (χ4v) is 3.13. The highest BCUT2D eigenvalue weighted by Crippen LogP contribution is 2.29. The molecule has 0 fully saturated rings. The lowest BCUT2D eigenvalue weighted by atomic mass is 10.2. The maximum absolute atomic E-state index is 12.5. The molecule has 0 spiro atoms. The lowest BCUT2D eigenvalue weighted by Gasteiger charge is -2.14. The van der Waals surface area contributed by atoms with Crippen molar-refractivity contribution >= 4 is 47.0 Å². The summed E-state index contributed by atoms with van der Waals surface area (Å²) < 4.78 is 6.91. The van der Waals surface area contributed by atoms with E-state index in [1.807, 2.05) is 0 Å². The van der Waals surface area contributed by atoms with Crippen LogP contribution in [0.2, 0.25) is 10.0 Å². The van der Waals surface area contributed by atoms with Crippen LogP contribution in [0, 0.1) is 11.3 Å². The van der Waals surface area contributed by atoms with Crippen LogP contribution >= 0.6 is 23.2 Å². The normalized spacial score (nSPS) is 10.6. The fraction of sp³-hybridized carbons (Fsp3) is 0.333. The minimum absolute atomic E-state index is 0.0603. The summed E-state index contributed by atoms with van der Waals surface area (Å²) in [5, 5.41) is 15.1. The standard InChI is InChI=1S/C17H15Cl2N5O3.C4H9NO2/c1-10(2)24-16(26)3-4-23(17(24)27)8-13-14(18)5-11(6-15(13)19)21-22-12(7-20)9-25;1-3-7-4(6)5-2/h3-6,9-10,21H,8H2,1-2H3;3H2,1-2H3,(H,5,6)/b22-12+;. The van der Waals surface area contributed by atoms with E-state index in [1.54, 1.807) is 26.8 Å². The third kappa shape index (κ3) is 8.06. The zero-order valence-corrected chi connectivity index (χ0v) is 20.5. The highest BCUT2D eigenvalue weighted by atomic mass is 35.5. The van der Waals surface area contributed by atoms with Gasteiger partial charge in [0.1, 0.15) is 6.07 Å². The Morgan fingerprint density at radius 2 is 1.91 bits per heavy atom. The van der Waals surface area contributed by atoms with Gasteiger partial charge >= 0.3 is 11.8 Å². The van der Waals surface area contributed by atoms with E-state index in [0.717, 1.165) is 4.57 Å². The van der Waals surface area contributed by atoms with Gasteiger partial charge in [-0.2, -0.15) is 10.4 Å². The molecule has 2 N–H and O–H groups in total. The molecular weight excluding hydrogens is 487 g/mol. The van der Waals surface area contributed by atoms with Crippen LogP contribution in [0.3, 0.4) is 0 Å². The Morgan fingerprint density at radius 3 is 2.35 bits per heavy atom. The minimum atomic E-state index is -0.471. The molecule has 2 rings (SSSR count). The highest BCUT2D eigenvalue weighted by molar-refractivity contribution is 6.37. The Labute approximate surface area is 205 Å². The number of carbonyl (C=O) groups excluding carboxylic acids is 2. The average molecular weight is 511 g/mol. The quantitative estimate of drug-likeness (QED) is 0.330. The third-order valence-electron chi connectivity index (χ3n) is 4.08. The molecule has 1 amide bonds. The number of nitriles is 1. The second kappa shape index (κ2) is 13.8. The van der Waals surface area contributed by atoms with Crippen molar-refractivity contribution in [1.29, 1.82) is 5.26 Å². The molecule has 0 aliphatic heterocycles. The number of anilines is 1. The van der Waals surface area contributed by atoms with Crippen molar-refractivity contribution < 1.29 is 14.3 Å². The third-order valence-corrected chi connectivity index (χ3v) is 4.76. The zero-order chi connectivity index (χ0) is 25.8. The zero-order valence-electron chi connectivity index (χ0n) is 19.0. The van der Waals surface area contributed by atoms with Crippen LogP contribution in [0.25, 0.3) is 0 Å². The lowest BCUT2D eigenvalue weighted by molar-refractivity contribution is -0.102. The predicted molar refractivity (Wildman–Crippen MR) is 130 cm³/mol. The average Bonchev–Trinajstić information content (AvgIpc) is 2.78. The van der Waals surface area contributed by atoms with Gasteiger partial charge in [0.2, 0.25) is 0 Å². The first-order valence-corrected chi connectivity index (χ1v) is 10.7. The van der Waals surface area contributed by atoms with Gasteiger partial charge in [-0.1, -0.05) is 23.2 Å². The molecule has 0 bridgehead atoms. The Balaban J connectivity index is 0.000000718. The molecule has 34 heavy (non-hydrogen) atoms. The van der Waals surface area contributed by atoms with Gasteiger partial charge in [0.05, 0.1) is 18.8 Å². The molecule has 0 aliphatic rings. The molecule has 2 aromatic rings. The summed E-state index contributed by atoms with van der Waals surface area (Å²) in [6, 6.07) is 5.61. The SMILES string of the molecule is CC(C)n1c(=O)ccn(Cc2c(Cl)cc(N/N=C(\C#N)C=O)cc2Cl)c1=O.CCOC(=O)NC. The molecule has 0 unspecified atom stereocenters. The number of carbonyl (C=O) groups is 2. The van der Waals surface area contributed by atoms with E-state index in [0.29, 0.717) is 24.1 Å². The number of hydrogen-bond donors (Lipinski definition) is 2. The Morgan fingerprint density at radius 1 is 1.29 bits per heavy atom. The number of aldehydes is 1. The van der Waals surface area contributed by atoms with E-state index >= 15 is 0 Å². The Kier molecular flexibility index (Phi) is 11.5. The number of hydrazone groups is 1. The Bertz CT molecular complexity index is 1190. The minimum Gasteiger partial charge on any atom is -0.450 e. The van der Waals surface area contributed by atoms with Gasteiger partial charge in [-0.3, -0.25) is 24.1 Å². The largest absolute Gasteiger partial charge is 0.450 e. The molecule has 0 aliphatic carbocycles. The number of nitrogens with one attached hydrogen (secondary N) is 2. The van der Waals surface area contributed by atoms with Gasteiger partial charge in [-0.25, -0.2) is 9.59 Å². The number of rotatable bonds is 7. The van der Waals surface area contributed by atoms with Crippen LogP contribution in [0.1, 0.15) is 32.4 Å². The first-order valence-electron chi connectivity index (χ1n) is 9.92. The predicted octanol–water partition coefficient (Wildman–Crippen LogP) is 2.80. The lowest BCUT2D eigenvalue weighted by Crippen LogP contribution is -2.40. The highest BCUT2D eigenvalue weighted by Gasteiger charge is 2.13. The summed E-state index contributed by atoms with van der Waals surface area (Å²) in [7, 11) is 1.53. The molecule has 0 saturated heterocycles. The van der Waals surface area contributed by atoms with E-state index in [9.17, 15) is 19.2 Å². The molecule has 1 heterocycles. The molecule has 0 radical (unpaired) electrons. The van der Waals surface area contributed by atoms with Gasteiger partial charge in [-0.15, -0.1) is 0 Å². The van der Waals surface area contributed by atoms with Crippen molar-refractivity contribution in [1.82, 2.24) is 14.5 Å². The second-order valence-electron chi connectivity index (χ2n) is 6.76. The van der Waals surface area contributed by atoms with E-state index in [-0.39, 0.29) is 40.0 Å². The van der Waals surface area contributed by atoms with Gasteiger partial charge in [0, 0.05) is 41.0 Å². The molecule has 182 valence electrons. The number of ether oxygens (including phenoxy) is 1. The van der Waals surface area contributed by atoms with Crippen molar-refractivity contribution in [3.63, 3.8) is 0 Å².